The Morgan fingerprint density at radius 1 is 1.22 bits per heavy atom. The van der Waals surface area contributed by atoms with Gasteiger partial charge in [-0.3, -0.25) is 0 Å². The van der Waals surface area contributed by atoms with Gasteiger partial charge >= 0.3 is 6.09 Å². The molecule has 3 rings (SSSR count). The lowest BCUT2D eigenvalue weighted by Gasteiger charge is -2.37. The Balaban J connectivity index is 1.71. The van der Waals surface area contributed by atoms with Gasteiger partial charge in [0, 0.05) is 44.3 Å². The summed E-state index contributed by atoms with van der Waals surface area (Å²) in [7, 11) is 0. The Bertz CT molecular complexity index is 801. The molecule has 2 N–H and O–H groups in total. The third-order valence-corrected chi connectivity index (χ3v) is 4.60. The van der Waals surface area contributed by atoms with Crippen LogP contribution in [0.1, 0.15) is 31.9 Å². The summed E-state index contributed by atoms with van der Waals surface area (Å²) >= 11 is 0. The maximum Gasteiger partial charge on any atom is 0.410 e. The zero-order valence-electron chi connectivity index (χ0n) is 16.6. The molecule has 1 fully saturated rings. The molecule has 1 aromatic heterocycles. The van der Waals surface area contributed by atoms with Gasteiger partial charge in [0.15, 0.2) is 5.95 Å². The van der Waals surface area contributed by atoms with Gasteiger partial charge in [0.05, 0.1) is 6.54 Å². The monoisotopic (exact) mass is 371 g/mol. The van der Waals surface area contributed by atoms with E-state index in [1.807, 2.05) is 31.5 Å². The van der Waals surface area contributed by atoms with Crippen LogP contribution in [0.15, 0.2) is 30.6 Å². The van der Waals surface area contributed by atoms with E-state index in [4.69, 9.17) is 10.5 Å². The van der Waals surface area contributed by atoms with E-state index < -0.39 is 5.60 Å². The number of carbonyl (C=O) groups excluding carboxylic acids is 1. The van der Waals surface area contributed by atoms with Crippen molar-refractivity contribution in [2.24, 2.45) is 0 Å². The van der Waals surface area contributed by atoms with E-state index in [2.05, 4.69) is 35.0 Å². The molecular weight excluding hydrogens is 342 g/mol. The number of amides is 1. The molecule has 1 amide bonds. The smallest absolute Gasteiger partial charge is 0.410 e. The molecule has 2 heterocycles. The topological polar surface area (TPSA) is 76.6 Å². The minimum Gasteiger partial charge on any atom is -0.444 e. The van der Waals surface area contributed by atoms with Gasteiger partial charge in [-0.1, -0.05) is 12.1 Å². The third-order valence-electron chi connectivity index (χ3n) is 4.60. The number of anilines is 2. The molecule has 146 valence electrons. The summed E-state index contributed by atoms with van der Waals surface area (Å²) in [5, 5.41) is 0. The van der Waals surface area contributed by atoms with Gasteiger partial charge in [-0.15, -0.1) is 0 Å². The molecule has 0 bridgehead atoms. The van der Waals surface area contributed by atoms with Crippen molar-refractivity contribution < 1.29 is 9.53 Å². The lowest BCUT2D eigenvalue weighted by atomic mass is 10.1. The summed E-state index contributed by atoms with van der Waals surface area (Å²) in [4.78, 5) is 20.5. The zero-order chi connectivity index (χ0) is 19.6. The zero-order valence-corrected chi connectivity index (χ0v) is 16.6. The first-order valence-electron chi connectivity index (χ1n) is 9.32. The van der Waals surface area contributed by atoms with Crippen LogP contribution in [-0.2, 0) is 11.3 Å². The maximum atomic E-state index is 12.3. The minimum atomic E-state index is -0.470. The average molecular weight is 371 g/mol. The molecule has 0 saturated carbocycles. The summed E-state index contributed by atoms with van der Waals surface area (Å²) in [5.41, 5.74) is 9.05. The quantitative estimate of drug-likeness (QED) is 0.898. The number of benzene rings is 1. The number of nitrogens with zero attached hydrogens (tertiary/aromatic N) is 4. The molecule has 7 nitrogen and oxygen atoms in total. The molecule has 0 radical (unpaired) electrons. The summed E-state index contributed by atoms with van der Waals surface area (Å²) < 4.78 is 7.42. The number of ether oxygens (including phenoxy) is 1. The van der Waals surface area contributed by atoms with Gasteiger partial charge in [-0.2, -0.15) is 0 Å². The van der Waals surface area contributed by atoms with Gasteiger partial charge in [0.2, 0.25) is 0 Å². The predicted molar refractivity (Wildman–Crippen MR) is 107 cm³/mol. The fourth-order valence-electron chi connectivity index (χ4n) is 3.22. The Morgan fingerprint density at radius 3 is 2.52 bits per heavy atom. The van der Waals surface area contributed by atoms with E-state index >= 15 is 0 Å². The fourth-order valence-corrected chi connectivity index (χ4v) is 3.22. The van der Waals surface area contributed by atoms with E-state index in [0.717, 1.165) is 13.1 Å². The number of hydrogen-bond donors (Lipinski definition) is 1. The van der Waals surface area contributed by atoms with Crippen LogP contribution in [0.2, 0.25) is 0 Å². The van der Waals surface area contributed by atoms with Crippen molar-refractivity contribution >= 4 is 17.7 Å². The van der Waals surface area contributed by atoms with E-state index in [-0.39, 0.29) is 6.09 Å². The Kier molecular flexibility index (Phi) is 5.30. The van der Waals surface area contributed by atoms with Crippen LogP contribution < -0.4 is 10.6 Å². The van der Waals surface area contributed by atoms with Crippen molar-refractivity contribution in [1.82, 2.24) is 14.5 Å². The SMILES string of the molecule is Cc1ccc(Cn2ccnc2N)c(N2CCN(C(=O)OC(C)(C)C)CC2)c1. The number of hydrogen-bond acceptors (Lipinski definition) is 5. The number of imidazole rings is 1. The number of nitrogens with two attached hydrogens (primary N) is 1. The van der Waals surface area contributed by atoms with Crippen LogP contribution in [-0.4, -0.2) is 52.3 Å². The van der Waals surface area contributed by atoms with Crippen LogP contribution in [0.3, 0.4) is 0 Å². The molecule has 1 aliphatic rings. The molecule has 0 atom stereocenters. The summed E-state index contributed by atoms with van der Waals surface area (Å²) in [6, 6.07) is 6.46. The highest BCUT2D eigenvalue weighted by molar-refractivity contribution is 5.69. The van der Waals surface area contributed by atoms with E-state index in [9.17, 15) is 4.79 Å². The Hall–Kier alpha value is -2.70. The van der Waals surface area contributed by atoms with Crippen LogP contribution in [0, 0.1) is 6.92 Å². The molecule has 7 heteroatoms. The maximum absolute atomic E-state index is 12.3. The molecule has 0 unspecified atom stereocenters. The van der Waals surface area contributed by atoms with Crippen molar-refractivity contribution in [3.63, 3.8) is 0 Å². The first kappa shape index (κ1) is 19.1. The van der Waals surface area contributed by atoms with Gasteiger partial charge in [0.1, 0.15) is 5.60 Å². The molecule has 1 aliphatic heterocycles. The molecule has 2 aromatic rings. The number of carbonyl (C=O) groups is 1. The second kappa shape index (κ2) is 7.50. The van der Waals surface area contributed by atoms with E-state index in [1.165, 1.54) is 16.8 Å². The van der Waals surface area contributed by atoms with Crippen LogP contribution in [0.5, 0.6) is 0 Å². The summed E-state index contributed by atoms with van der Waals surface area (Å²) in [6.45, 7) is 11.3. The van der Waals surface area contributed by atoms with Crippen molar-refractivity contribution in [3.8, 4) is 0 Å². The Labute approximate surface area is 160 Å². The van der Waals surface area contributed by atoms with E-state index in [0.29, 0.717) is 25.6 Å². The number of piperazine rings is 1. The predicted octanol–water partition coefficient (Wildman–Crippen LogP) is 2.88. The van der Waals surface area contributed by atoms with Crippen molar-refractivity contribution in [1.29, 1.82) is 0 Å². The van der Waals surface area contributed by atoms with Gasteiger partial charge in [-0.25, -0.2) is 9.78 Å². The Morgan fingerprint density at radius 2 is 1.93 bits per heavy atom. The van der Waals surface area contributed by atoms with Gasteiger partial charge in [0.25, 0.3) is 0 Å². The number of aryl methyl sites for hydroxylation is 1. The summed E-state index contributed by atoms with van der Waals surface area (Å²) in [6.07, 6.45) is 3.36. The second-order valence-corrected chi connectivity index (χ2v) is 8.00. The largest absolute Gasteiger partial charge is 0.444 e. The minimum absolute atomic E-state index is 0.238. The van der Waals surface area contributed by atoms with Crippen molar-refractivity contribution in [3.05, 3.63) is 41.7 Å². The normalized spacial score (nSPS) is 15.1. The third kappa shape index (κ3) is 4.72. The lowest BCUT2D eigenvalue weighted by molar-refractivity contribution is 0.0240. The fraction of sp³-hybridized carbons (Fsp3) is 0.500. The van der Waals surface area contributed by atoms with E-state index in [1.54, 1.807) is 11.1 Å². The molecule has 0 spiro atoms. The molecule has 1 aromatic carbocycles. The first-order chi connectivity index (χ1) is 12.7. The average Bonchev–Trinajstić information content (AvgIpc) is 3.00. The van der Waals surface area contributed by atoms with Crippen molar-refractivity contribution in [2.45, 2.75) is 39.8 Å². The van der Waals surface area contributed by atoms with Gasteiger partial charge in [-0.05, 0) is 44.9 Å². The van der Waals surface area contributed by atoms with Gasteiger partial charge < -0.3 is 24.8 Å². The second-order valence-electron chi connectivity index (χ2n) is 8.00. The molecule has 1 saturated heterocycles. The standard InChI is InChI=1S/C20H29N5O2/c1-15-5-6-16(14-25-8-7-22-18(25)21)17(13-15)23-9-11-24(12-10-23)19(26)27-20(2,3)4/h5-8,13H,9-12,14H2,1-4H3,(H2,21,22). The molecule has 27 heavy (non-hydrogen) atoms. The van der Waals surface area contributed by atoms with Crippen LogP contribution >= 0.6 is 0 Å². The first-order valence-corrected chi connectivity index (χ1v) is 9.32. The lowest BCUT2D eigenvalue weighted by Crippen LogP contribution is -2.50. The highest BCUT2D eigenvalue weighted by atomic mass is 16.6. The number of rotatable bonds is 3. The molecule has 0 aliphatic carbocycles. The molecular formula is C20H29N5O2. The van der Waals surface area contributed by atoms with Crippen molar-refractivity contribution in [2.75, 3.05) is 36.8 Å². The van der Waals surface area contributed by atoms with Crippen LogP contribution in [0.4, 0.5) is 16.4 Å². The highest BCUT2D eigenvalue weighted by Crippen LogP contribution is 2.25. The number of nitrogen functional groups attached to an aromatic ring is 1. The highest BCUT2D eigenvalue weighted by Gasteiger charge is 2.26. The summed E-state index contributed by atoms with van der Waals surface area (Å²) in [5.74, 6) is 0.510. The number of aromatic nitrogens is 2. The van der Waals surface area contributed by atoms with Crippen LogP contribution in [0.25, 0.3) is 0 Å².